The number of carbonyl (C=O) groups excluding carboxylic acids is 2. The van der Waals surface area contributed by atoms with Crippen LogP contribution in [0.15, 0.2) is 60.7 Å². The standard InChI is InChI=1S/C21H24N2O5/c24-20(27-15-17-9-5-2-6-10-17)22-13-19-18(23-21(25)28-19)11-12-26-14-16-7-3-1-4-8-16/h1-10,18-19H,11-15H2,(H,22,24)(H,23,25)/t18-,19-/m1/s1. The molecule has 0 saturated carbocycles. The number of cyclic esters (lactones) is 1. The van der Waals surface area contributed by atoms with Gasteiger partial charge in [0.1, 0.15) is 12.7 Å². The summed E-state index contributed by atoms with van der Waals surface area (Å²) in [6.07, 6.45) is -0.912. The molecule has 7 heteroatoms. The molecule has 0 bridgehead atoms. The SMILES string of the molecule is O=C(NC[C@H]1OC(=O)N[C@@H]1CCOCc1ccccc1)OCc1ccccc1. The van der Waals surface area contributed by atoms with E-state index in [2.05, 4.69) is 10.6 Å². The Morgan fingerprint density at radius 2 is 1.64 bits per heavy atom. The Morgan fingerprint density at radius 1 is 1.00 bits per heavy atom. The molecule has 2 aromatic rings. The highest BCUT2D eigenvalue weighted by Crippen LogP contribution is 2.12. The van der Waals surface area contributed by atoms with Crippen LogP contribution in [0.3, 0.4) is 0 Å². The van der Waals surface area contributed by atoms with Gasteiger partial charge in [-0.1, -0.05) is 60.7 Å². The molecule has 1 fully saturated rings. The molecular weight excluding hydrogens is 360 g/mol. The van der Waals surface area contributed by atoms with E-state index in [1.807, 2.05) is 60.7 Å². The zero-order chi connectivity index (χ0) is 19.6. The quantitative estimate of drug-likeness (QED) is 0.649. The van der Waals surface area contributed by atoms with Gasteiger partial charge in [0.15, 0.2) is 0 Å². The average molecular weight is 384 g/mol. The fraction of sp³-hybridized carbons (Fsp3) is 0.333. The molecule has 2 atom stereocenters. The molecule has 1 saturated heterocycles. The van der Waals surface area contributed by atoms with Crippen LogP contribution in [0, 0.1) is 0 Å². The monoisotopic (exact) mass is 384 g/mol. The summed E-state index contributed by atoms with van der Waals surface area (Å²) in [5.74, 6) is 0. The van der Waals surface area contributed by atoms with E-state index in [0.29, 0.717) is 19.6 Å². The molecule has 2 aromatic carbocycles. The van der Waals surface area contributed by atoms with Gasteiger partial charge in [0.2, 0.25) is 0 Å². The normalized spacial score (nSPS) is 18.2. The molecule has 7 nitrogen and oxygen atoms in total. The van der Waals surface area contributed by atoms with Crippen molar-refractivity contribution in [3.05, 3.63) is 71.8 Å². The first-order valence-electron chi connectivity index (χ1n) is 9.24. The Balaban J connectivity index is 1.36. The lowest BCUT2D eigenvalue weighted by molar-refractivity contribution is 0.0920. The number of hydrogen-bond acceptors (Lipinski definition) is 5. The Morgan fingerprint density at radius 3 is 2.32 bits per heavy atom. The molecule has 0 aliphatic carbocycles. The first-order valence-corrected chi connectivity index (χ1v) is 9.24. The molecule has 28 heavy (non-hydrogen) atoms. The van der Waals surface area contributed by atoms with E-state index < -0.39 is 18.3 Å². The molecule has 1 heterocycles. The smallest absolute Gasteiger partial charge is 0.407 e. The molecule has 148 valence electrons. The van der Waals surface area contributed by atoms with E-state index in [1.165, 1.54) is 0 Å². The van der Waals surface area contributed by atoms with Crippen LogP contribution in [0.2, 0.25) is 0 Å². The highest BCUT2D eigenvalue weighted by molar-refractivity contribution is 5.71. The van der Waals surface area contributed by atoms with E-state index in [9.17, 15) is 9.59 Å². The van der Waals surface area contributed by atoms with Crippen molar-refractivity contribution in [2.24, 2.45) is 0 Å². The molecule has 0 spiro atoms. The van der Waals surface area contributed by atoms with Crippen molar-refractivity contribution < 1.29 is 23.8 Å². The summed E-state index contributed by atoms with van der Waals surface area (Å²) in [7, 11) is 0. The fourth-order valence-corrected chi connectivity index (χ4v) is 2.87. The second-order valence-corrected chi connectivity index (χ2v) is 6.46. The first-order chi connectivity index (χ1) is 13.7. The lowest BCUT2D eigenvalue weighted by Crippen LogP contribution is -2.41. The van der Waals surface area contributed by atoms with E-state index in [0.717, 1.165) is 11.1 Å². The van der Waals surface area contributed by atoms with Crippen LogP contribution in [-0.4, -0.2) is 37.5 Å². The highest BCUT2D eigenvalue weighted by Gasteiger charge is 2.33. The van der Waals surface area contributed by atoms with Gasteiger partial charge in [0.25, 0.3) is 0 Å². The number of ether oxygens (including phenoxy) is 3. The van der Waals surface area contributed by atoms with Crippen LogP contribution in [0.1, 0.15) is 17.5 Å². The molecule has 3 rings (SSSR count). The lowest BCUT2D eigenvalue weighted by Gasteiger charge is -2.17. The van der Waals surface area contributed by atoms with Gasteiger partial charge in [-0.2, -0.15) is 0 Å². The number of hydrogen-bond donors (Lipinski definition) is 2. The minimum Gasteiger partial charge on any atom is -0.445 e. The van der Waals surface area contributed by atoms with Gasteiger partial charge < -0.3 is 24.8 Å². The maximum atomic E-state index is 11.9. The van der Waals surface area contributed by atoms with Crippen molar-refractivity contribution in [1.29, 1.82) is 0 Å². The van der Waals surface area contributed by atoms with E-state index in [-0.39, 0.29) is 19.2 Å². The minimum absolute atomic E-state index is 0.176. The predicted octanol–water partition coefficient (Wildman–Crippen LogP) is 3.00. The Labute approximate surface area is 164 Å². The van der Waals surface area contributed by atoms with Crippen LogP contribution >= 0.6 is 0 Å². The van der Waals surface area contributed by atoms with Crippen molar-refractivity contribution >= 4 is 12.2 Å². The van der Waals surface area contributed by atoms with Crippen molar-refractivity contribution in [2.75, 3.05) is 13.2 Å². The van der Waals surface area contributed by atoms with Gasteiger partial charge in [0, 0.05) is 6.61 Å². The summed E-state index contributed by atoms with van der Waals surface area (Å²) in [5, 5.41) is 5.39. The number of amides is 2. The number of nitrogens with one attached hydrogen (secondary N) is 2. The Hall–Kier alpha value is -3.06. The number of benzene rings is 2. The molecule has 1 aliphatic rings. The highest BCUT2D eigenvalue weighted by atomic mass is 16.6. The molecule has 0 aromatic heterocycles. The van der Waals surface area contributed by atoms with Crippen molar-refractivity contribution in [1.82, 2.24) is 10.6 Å². The third-order valence-corrected chi connectivity index (χ3v) is 4.36. The topological polar surface area (TPSA) is 85.9 Å². The number of rotatable bonds is 9. The van der Waals surface area contributed by atoms with Gasteiger partial charge in [-0.15, -0.1) is 0 Å². The summed E-state index contributed by atoms with van der Waals surface area (Å²) < 4.78 is 16.0. The van der Waals surface area contributed by atoms with Crippen molar-refractivity contribution in [2.45, 2.75) is 31.8 Å². The van der Waals surface area contributed by atoms with Gasteiger partial charge in [-0.25, -0.2) is 9.59 Å². The molecule has 0 unspecified atom stereocenters. The van der Waals surface area contributed by atoms with Crippen molar-refractivity contribution in [3.63, 3.8) is 0 Å². The van der Waals surface area contributed by atoms with Crippen LogP contribution in [0.4, 0.5) is 9.59 Å². The summed E-state index contributed by atoms with van der Waals surface area (Å²) in [5.41, 5.74) is 1.99. The van der Waals surface area contributed by atoms with E-state index in [4.69, 9.17) is 14.2 Å². The predicted molar refractivity (Wildman–Crippen MR) is 103 cm³/mol. The van der Waals surface area contributed by atoms with Crippen LogP contribution in [0.25, 0.3) is 0 Å². The number of carbonyl (C=O) groups is 2. The Bertz CT molecular complexity index is 754. The third-order valence-electron chi connectivity index (χ3n) is 4.36. The molecule has 2 N–H and O–H groups in total. The van der Waals surface area contributed by atoms with Gasteiger partial charge in [0.05, 0.1) is 19.2 Å². The second-order valence-electron chi connectivity index (χ2n) is 6.46. The maximum absolute atomic E-state index is 11.9. The number of alkyl carbamates (subject to hydrolysis) is 2. The van der Waals surface area contributed by atoms with Gasteiger partial charge in [-0.05, 0) is 17.5 Å². The lowest BCUT2D eigenvalue weighted by atomic mass is 10.1. The third kappa shape index (κ3) is 6.28. The van der Waals surface area contributed by atoms with Gasteiger partial charge >= 0.3 is 12.2 Å². The molecule has 2 amide bonds. The molecular formula is C21H24N2O5. The first kappa shape index (κ1) is 19.7. The van der Waals surface area contributed by atoms with E-state index in [1.54, 1.807) is 0 Å². The van der Waals surface area contributed by atoms with Gasteiger partial charge in [-0.3, -0.25) is 0 Å². The maximum Gasteiger partial charge on any atom is 0.407 e. The summed E-state index contributed by atoms with van der Waals surface area (Å²) in [4.78, 5) is 23.4. The van der Waals surface area contributed by atoms with Crippen LogP contribution in [0.5, 0.6) is 0 Å². The second kappa shape index (κ2) is 10.3. The van der Waals surface area contributed by atoms with Crippen LogP contribution < -0.4 is 10.6 Å². The fourth-order valence-electron chi connectivity index (χ4n) is 2.87. The van der Waals surface area contributed by atoms with Crippen molar-refractivity contribution in [3.8, 4) is 0 Å². The Kier molecular flexibility index (Phi) is 7.26. The summed E-state index contributed by atoms with van der Waals surface area (Å²) in [6.45, 7) is 1.34. The molecule has 0 radical (unpaired) electrons. The minimum atomic E-state index is -0.550. The summed E-state index contributed by atoms with van der Waals surface area (Å²) >= 11 is 0. The van der Waals surface area contributed by atoms with E-state index >= 15 is 0 Å². The zero-order valence-electron chi connectivity index (χ0n) is 15.5. The average Bonchev–Trinajstić information content (AvgIpc) is 3.09. The van der Waals surface area contributed by atoms with Crippen LogP contribution in [-0.2, 0) is 27.4 Å². The molecule has 1 aliphatic heterocycles. The largest absolute Gasteiger partial charge is 0.445 e. The summed E-state index contributed by atoms with van der Waals surface area (Å²) in [6, 6.07) is 19.1. The zero-order valence-corrected chi connectivity index (χ0v) is 15.5.